The molecule has 1 aliphatic heterocycles. The summed E-state index contributed by atoms with van der Waals surface area (Å²) in [6, 6.07) is 0. The largest absolute Gasteiger partial charge is 0.365 e. The predicted molar refractivity (Wildman–Crippen MR) is 57.4 cm³/mol. The molecule has 2 heterocycles. The van der Waals surface area contributed by atoms with Crippen LogP contribution in [0.25, 0.3) is 0 Å². The molecule has 14 heavy (non-hydrogen) atoms. The molecule has 0 aromatic carbocycles. The maximum absolute atomic E-state index is 5.92. The number of aromatic nitrogens is 2. The van der Waals surface area contributed by atoms with Crippen molar-refractivity contribution in [3.05, 3.63) is 18.0 Å². The summed E-state index contributed by atoms with van der Waals surface area (Å²) in [6.07, 6.45) is 3.75. The fourth-order valence-electron chi connectivity index (χ4n) is 1.65. The smallest absolute Gasteiger partial charge is 0.0987 e. The normalized spacial score (nSPS) is 26.4. The Bertz CT molecular complexity index is 324. The second-order valence-electron chi connectivity index (χ2n) is 4.19. The van der Waals surface area contributed by atoms with Crippen LogP contribution in [0, 0.1) is 0 Å². The summed E-state index contributed by atoms with van der Waals surface area (Å²) >= 11 is 4.10. The Kier molecular flexibility index (Phi) is 2.55. The van der Waals surface area contributed by atoms with E-state index in [4.69, 9.17) is 4.74 Å². The van der Waals surface area contributed by atoms with Crippen LogP contribution in [0.15, 0.2) is 12.4 Å². The summed E-state index contributed by atoms with van der Waals surface area (Å²) in [5.74, 6) is 0. The summed E-state index contributed by atoms with van der Waals surface area (Å²) in [7, 11) is 0. The van der Waals surface area contributed by atoms with E-state index in [2.05, 4.69) is 37.1 Å². The van der Waals surface area contributed by atoms with Gasteiger partial charge in [-0.2, -0.15) is 5.10 Å². The van der Waals surface area contributed by atoms with Gasteiger partial charge < -0.3 is 10.1 Å². The van der Waals surface area contributed by atoms with Gasteiger partial charge >= 0.3 is 0 Å². The van der Waals surface area contributed by atoms with Gasteiger partial charge in [-0.1, -0.05) is 0 Å². The van der Waals surface area contributed by atoms with E-state index >= 15 is 0 Å². The number of thiol groups is 1. The van der Waals surface area contributed by atoms with Crippen molar-refractivity contribution in [3.63, 3.8) is 0 Å². The third kappa shape index (κ3) is 2.10. The van der Waals surface area contributed by atoms with Gasteiger partial charge in [-0.05, 0) is 26.7 Å². The summed E-state index contributed by atoms with van der Waals surface area (Å²) in [6.45, 7) is 5.88. The molecule has 1 aliphatic rings. The van der Waals surface area contributed by atoms with Crippen molar-refractivity contribution in [3.8, 4) is 0 Å². The van der Waals surface area contributed by atoms with Gasteiger partial charge in [-0.15, -0.1) is 0 Å². The van der Waals surface area contributed by atoms with Gasteiger partial charge in [0.05, 0.1) is 17.9 Å². The lowest BCUT2D eigenvalue weighted by molar-refractivity contribution is -0.0958. The molecule has 0 saturated carbocycles. The molecule has 1 N–H and O–H groups in total. The number of nitrogens with zero attached hydrogens (tertiary/aromatic N) is 2. The Labute approximate surface area is 89.2 Å². The van der Waals surface area contributed by atoms with Crippen LogP contribution in [0.1, 0.15) is 25.5 Å². The summed E-state index contributed by atoms with van der Waals surface area (Å²) in [5.41, 5.74) is 0.960. The van der Waals surface area contributed by atoms with E-state index in [1.165, 1.54) is 4.09 Å². The average Bonchev–Trinajstić information content (AvgIpc) is 2.50. The fraction of sp³-hybridized carbons (Fsp3) is 0.667. The van der Waals surface area contributed by atoms with Gasteiger partial charge in [-0.3, -0.25) is 0 Å². The number of hydrogen-bond acceptors (Lipinski definition) is 4. The Morgan fingerprint density at radius 2 is 2.50 bits per heavy atom. The van der Waals surface area contributed by atoms with Crippen molar-refractivity contribution in [2.45, 2.75) is 25.6 Å². The third-order valence-electron chi connectivity index (χ3n) is 2.30. The number of nitrogens with one attached hydrogen (secondary N) is 1. The zero-order valence-electron chi connectivity index (χ0n) is 8.40. The lowest BCUT2D eigenvalue weighted by Gasteiger charge is -2.36. The molecule has 5 heteroatoms. The van der Waals surface area contributed by atoms with E-state index in [1.54, 1.807) is 6.20 Å². The van der Waals surface area contributed by atoms with Crippen LogP contribution in [-0.4, -0.2) is 27.9 Å². The highest BCUT2D eigenvalue weighted by atomic mass is 32.1. The molecule has 1 aromatic rings. The molecule has 0 spiro atoms. The maximum atomic E-state index is 5.92. The fourth-order valence-corrected chi connectivity index (χ4v) is 1.84. The molecule has 0 aliphatic carbocycles. The number of morpholine rings is 1. The number of hydrogen-bond donors (Lipinski definition) is 2. The van der Waals surface area contributed by atoms with Gasteiger partial charge in [0.1, 0.15) is 0 Å². The summed E-state index contributed by atoms with van der Waals surface area (Å²) < 4.78 is 7.42. The number of ether oxygens (including phenoxy) is 1. The molecule has 78 valence electrons. The Morgan fingerprint density at radius 1 is 1.71 bits per heavy atom. The molecular weight excluding hydrogens is 198 g/mol. The van der Waals surface area contributed by atoms with Crippen molar-refractivity contribution >= 4 is 12.8 Å². The van der Waals surface area contributed by atoms with E-state index in [9.17, 15) is 0 Å². The van der Waals surface area contributed by atoms with E-state index in [-0.39, 0.29) is 11.7 Å². The van der Waals surface area contributed by atoms with Crippen molar-refractivity contribution < 1.29 is 4.74 Å². The minimum absolute atomic E-state index is 0.0830. The highest BCUT2D eigenvalue weighted by Gasteiger charge is 2.29. The van der Waals surface area contributed by atoms with Crippen LogP contribution in [0.3, 0.4) is 0 Å². The quantitative estimate of drug-likeness (QED) is 0.684. The van der Waals surface area contributed by atoms with Crippen molar-refractivity contribution in [1.82, 2.24) is 14.5 Å². The van der Waals surface area contributed by atoms with E-state index < -0.39 is 0 Å². The zero-order chi connectivity index (χ0) is 10.2. The molecule has 1 saturated heterocycles. The molecule has 0 amide bonds. The second kappa shape index (κ2) is 3.56. The van der Waals surface area contributed by atoms with E-state index in [1.807, 2.05) is 6.20 Å². The van der Waals surface area contributed by atoms with Crippen molar-refractivity contribution in [2.24, 2.45) is 0 Å². The predicted octanol–water partition coefficient (Wildman–Crippen LogP) is 1.02. The minimum atomic E-state index is -0.110. The van der Waals surface area contributed by atoms with Gasteiger partial charge in [0.15, 0.2) is 0 Å². The molecule has 0 bridgehead atoms. The molecule has 1 aromatic heterocycles. The molecule has 1 atom stereocenters. The summed E-state index contributed by atoms with van der Waals surface area (Å²) in [5, 5.41) is 7.36. The first kappa shape index (κ1) is 10.0. The highest BCUT2D eigenvalue weighted by Crippen LogP contribution is 2.26. The third-order valence-corrected chi connectivity index (χ3v) is 2.52. The molecule has 1 fully saturated rings. The van der Waals surface area contributed by atoms with Gasteiger partial charge in [0.2, 0.25) is 0 Å². The Balaban J connectivity index is 2.12. The molecule has 0 radical (unpaired) electrons. The monoisotopic (exact) mass is 213 g/mol. The SMILES string of the molecule is CC1(C)CNCC(c2cnn(S)c2)O1. The highest BCUT2D eigenvalue weighted by molar-refractivity contribution is 7.78. The van der Waals surface area contributed by atoms with Crippen LogP contribution in [-0.2, 0) is 4.74 Å². The van der Waals surface area contributed by atoms with Crippen LogP contribution < -0.4 is 5.32 Å². The van der Waals surface area contributed by atoms with E-state index in [0.29, 0.717) is 0 Å². The van der Waals surface area contributed by atoms with Gasteiger partial charge in [0, 0.05) is 24.8 Å². The average molecular weight is 213 g/mol. The molecule has 1 unspecified atom stereocenters. The van der Waals surface area contributed by atoms with Crippen molar-refractivity contribution in [2.75, 3.05) is 13.1 Å². The summed E-state index contributed by atoms with van der Waals surface area (Å²) in [4.78, 5) is 0. The van der Waals surface area contributed by atoms with Crippen molar-refractivity contribution in [1.29, 1.82) is 0 Å². The van der Waals surface area contributed by atoms with Crippen LogP contribution >= 0.6 is 12.8 Å². The molecule has 2 rings (SSSR count). The zero-order valence-corrected chi connectivity index (χ0v) is 9.29. The Morgan fingerprint density at radius 3 is 3.07 bits per heavy atom. The second-order valence-corrected chi connectivity index (χ2v) is 4.60. The van der Waals surface area contributed by atoms with Gasteiger partial charge in [-0.25, -0.2) is 4.09 Å². The first-order valence-corrected chi connectivity index (χ1v) is 5.09. The Hall–Kier alpha value is -0.520. The van der Waals surface area contributed by atoms with E-state index in [0.717, 1.165) is 18.7 Å². The topological polar surface area (TPSA) is 39.1 Å². The standard InChI is InChI=1S/C9H15N3OS/c1-9(2)6-10-4-8(13-9)7-3-11-12(14)5-7/h3,5,8,10,14H,4,6H2,1-2H3. The minimum Gasteiger partial charge on any atom is -0.365 e. The maximum Gasteiger partial charge on any atom is 0.0987 e. The first-order valence-electron chi connectivity index (χ1n) is 4.69. The molecule has 4 nitrogen and oxygen atoms in total. The van der Waals surface area contributed by atoms with Crippen LogP contribution in [0.2, 0.25) is 0 Å². The molecular formula is C9H15N3OS. The van der Waals surface area contributed by atoms with Gasteiger partial charge in [0.25, 0.3) is 0 Å². The lowest BCUT2D eigenvalue weighted by Crippen LogP contribution is -2.46. The van der Waals surface area contributed by atoms with Crippen LogP contribution in [0.4, 0.5) is 0 Å². The lowest BCUT2D eigenvalue weighted by atomic mass is 10.1. The number of rotatable bonds is 1. The van der Waals surface area contributed by atoms with Crippen LogP contribution in [0.5, 0.6) is 0 Å². The first-order chi connectivity index (χ1) is 6.57.